The zero-order chi connectivity index (χ0) is 24.5. The maximum absolute atomic E-state index is 12.3. The summed E-state index contributed by atoms with van der Waals surface area (Å²) >= 11 is 0. The van der Waals surface area contributed by atoms with Gasteiger partial charge in [-0.2, -0.15) is 0 Å². The summed E-state index contributed by atoms with van der Waals surface area (Å²) in [6, 6.07) is 15.2. The van der Waals surface area contributed by atoms with Crippen LogP contribution in [0.3, 0.4) is 0 Å². The van der Waals surface area contributed by atoms with E-state index in [2.05, 4.69) is 37.6 Å². The van der Waals surface area contributed by atoms with Crippen molar-refractivity contribution in [3.63, 3.8) is 0 Å². The smallest absolute Gasteiger partial charge is 0.325 e. The molecule has 0 spiro atoms. The molecular formula is C28H34N2O4. The van der Waals surface area contributed by atoms with Crippen LogP contribution in [-0.4, -0.2) is 40.2 Å². The fraction of sp³-hybridized carbons (Fsp3) is 0.429. The Bertz CT molecular complexity index is 1150. The highest BCUT2D eigenvalue weighted by atomic mass is 16.5. The quantitative estimate of drug-likeness (QED) is 0.486. The van der Waals surface area contributed by atoms with Crippen molar-refractivity contribution in [3.8, 4) is 17.2 Å². The molecule has 1 aliphatic rings. The lowest BCUT2D eigenvalue weighted by Crippen LogP contribution is -2.48. The van der Waals surface area contributed by atoms with Crippen molar-refractivity contribution in [2.45, 2.75) is 59.5 Å². The molecule has 0 aliphatic carbocycles. The fourth-order valence-corrected chi connectivity index (χ4v) is 4.67. The van der Waals surface area contributed by atoms with Gasteiger partial charge in [-0.05, 0) is 61.1 Å². The van der Waals surface area contributed by atoms with Crippen molar-refractivity contribution < 1.29 is 19.1 Å². The number of hydrogen-bond donors (Lipinski definition) is 1. The standard InChI is InChI=1S/C28H34N2O4/c1-18-15-21-11-12-22(16-23(21)25(27(31)32)30(18)17-28(3,4)5)33-14-13-24-19(2)34-26(29-24)20-9-7-6-8-10-20/h6-12,16,18,25H,13-15,17H2,1-5H3,(H,31,32)/t18-,25?/m0/s1. The average molecular weight is 463 g/mol. The minimum Gasteiger partial charge on any atom is -0.493 e. The number of nitrogens with zero attached hydrogens (tertiary/aromatic N) is 2. The van der Waals surface area contributed by atoms with Gasteiger partial charge in [0.25, 0.3) is 0 Å². The van der Waals surface area contributed by atoms with Gasteiger partial charge in [0.2, 0.25) is 5.89 Å². The molecule has 3 aromatic rings. The fourth-order valence-electron chi connectivity index (χ4n) is 4.67. The first kappa shape index (κ1) is 24.0. The van der Waals surface area contributed by atoms with Gasteiger partial charge in [-0.1, -0.05) is 45.0 Å². The summed E-state index contributed by atoms with van der Waals surface area (Å²) in [5.74, 6) is 1.26. The Kier molecular flexibility index (Phi) is 6.80. The summed E-state index contributed by atoms with van der Waals surface area (Å²) in [6.07, 6.45) is 1.44. The molecule has 0 amide bonds. The molecular weight excluding hydrogens is 428 g/mol. The second-order valence-corrected chi connectivity index (χ2v) is 10.4. The Morgan fingerprint density at radius 2 is 1.94 bits per heavy atom. The lowest BCUT2D eigenvalue weighted by Gasteiger charge is -2.43. The van der Waals surface area contributed by atoms with E-state index in [-0.39, 0.29) is 11.5 Å². The molecule has 6 heteroatoms. The molecule has 1 aliphatic heterocycles. The molecule has 0 radical (unpaired) electrons. The predicted molar refractivity (Wildman–Crippen MR) is 132 cm³/mol. The lowest BCUT2D eigenvalue weighted by molar-refractivity contribution is -0.145. The second-order valence-electron chi connectivity index (χ2n) is 10.4. The highest BCUT2D eigenvalue weighted by Crippen LogP contribution is 2.37. The molecule has 6 nitrogen and oxygen atoms in total. The highest BCUT2D eigenvalue weighted by Gasteiger charge is 2.38. The summed E-state index contributed by atoms with van der Waals surface area (Å²) in [4.78, 5) is 19.1. The highest BCUT2D eigenvalue weighted by molar-refractivity contribution is 5.77. The van der Waals surface area contributed by atoms with Gasteiger partial charge in [-0.25, -0.2) is 4.98 Å². The van der Waals surface area contributed by atoms with Gasteiger partial charge in [0.1, 0.15) is 17.6 Å². The van der Waals surface area contributed by atoms with Crippen molar-refractivity contribution in [1.29, 1.82) is 0 Å². The van der Waals surface area contributed by atoms with Crippen LogP contribution in [0.1, 0.15) is 56.3 Å². The van der Waals surface area contributed by atoms with Crippen LogP contribution < -0.4 is 4.74 Å². The van der Waals surface area contributed by atoms with E-state index in [0.29, 0.717) is 31.2 Å². The number of oxazole rings is 1. The van der Waals surface area contributed by atoms with E-state index in [4.69, 9.17) is 9.15 Å². The van der Waals surface area contributed by atoms with Gasteiger partial charge in [0, 0.05) is 24.6 Å². The summed E-state index contributed by atoms with van der Waals surface area (Å²) in [5, 5.41) is 10.1. The van der Waals surface area contributed by atoms with Gasteiger partial charge in [-0.3, -0.25) is 9.69 Å². The Balaban J connectivity index is 1.48. The summed E-state index contributed by atoms with van der Waals surface area (Å²) in [7, 11) is 0. The van der Waals surface area contributed by atoms with E-state index in [1.54, 1.807) is 0 Å². The number of hydrogen-bond acceptors (Lipinski definition) is 5. The Morgan fingerprint density at radius 3 is 2.62 bits per heavy atom. The van der Waals surface area contributed by atoms with E-state index in [1.807, 2.05) is 55.5 Å². The number of fused-ring (bicyclic) bond motifs is 1. The van der Waals surface area contributed by atoms with Gasteiger partial charge < -0.3 is 14.3 Å². The molecule has 1 unspecified atom stereocenters. The Morgan fingerprint density at radius 1 is 1.21 bits per heavy atom. The lowest BCUT2D eigenvalue weighted by atomic mass is 9.85. The largest absolute Gasteiger partial charge is 0.493 e. The van der Waals surface area contributed by atoms with Gasteiger partial charge in [0.15, 0.2) is 0 Å². The van der Waals surface area contributed by atoms with Crippen molar-refractivity contribution in [2.75, 3.05) is 13.2 Å². The Hall–Kier alpha value is -3.12. The number of carboxylic acid groups (broad SMARTS) is 1. The zero-order valence-electron chi connectivity index (χ0n) is 20.7. The topological polar surface area (TPSA) is 75.8 Å². The third kappa shape index (κ3) is 5.33. The van der Waals surface area contributed by atoms with Crippen LogP contribution in [0.4, 0.5) is 0 Å². The molecule has 34 heavy (non-hydrogen) atoms. The van der Waals surface area contributed by atoms with Gasteiger partial charge in [-0.15, -0.1) is 0 Å². The summed E-state index contributed by atoms with van der Waals surface area (Å²) in [6.45, 7) is 11.6. The molecule has 2 heterocycles. The Labute approximate surface area is 201 Å². The van der Waals surface area contributed by atoms with Crippen LogP contribution in [0, 0.1) is 12.3 Å². The SMILES string of the molecule is Cc1oc(-c2ccccc2)nc1CCOc1ccc2c(c1)C(C(=O)O)N(CC(C)(C)C)[C@@H](C)C2. The van der Waals surface area contributed by atoms with Crippen molar-refractivity contribution in [1.82, 2.24) is 9.88 Å². The van der Waals surface area contributed by atoms with E-state index >= 15 is 0 Å². The first-order valence-electron chi connectivity index (χ1n) is 11.9. The molecule has 4 rings (SSSR count). The van der Waals surface area contributed by atoms with Gasteiger partial charge in [0.05, 0.1) is 12.3 Å². The maximum atomic E-state index is 12.3. The second kappa shape index (κ2) is 9.63. The van der Waals surface area contributed by atoms with Crippen LogP contribution in [0.15, 0.2) is 52.9 Å². The minimum absolute atomic E-state index is 0.00162. The van der Waals surface area contributed by atoms with E-state index in [9.17, 15) is 9.90 Å². The molecule has 1 aromatic heterocycles. The molecule has 0 bridgehead atoms. The zero-order valence-corrected chi connectivity index (χ0v) is 20.7. The third-order valence-corrected chi connectivity index (χ3v) is 6.24. The monoisotopic (exact) mass is 462 g/mol. The number of aryl methyl sites for hydroxylation is 1. The van der Waals surface area contributed by atoms with Crippen LogP contribution in [-0.2, 0) is 17.6 Å². The molecule has 0 saturated heterocycles. The molecule has 2 aromatic carbocycles. The first-order chi connectivity index (χ1) is 16.1. The van der Waals surface area contributed by atoms with Crippen LogP contribution >= 0.6 is 0 Å². The van der Waals surface area contributed by atoms with Crippen molar-refractivity contribution in [3.05, 3.63) is 71.1 Å². The van der Waals surface area contributed by atoms with Crippen molar-refractivity contribution >= 4 is 5.97 Å². The van der Waals surface area contributed by atoms with Crippen molar-refractivity contribution in [2.24, 2.45) is 5.41 Å². The van der Waals surface area contributed by atoms with Crippen LogP contribution in [0.5, 0.6) is 5.75 Å². The number of aliphatic carboxylic acids is 1. The van der Waals surface area contributed by atoms with Crippen LogP contribution in [0.25, 0.3) is 11.5 Å². The summed E-state index contributed by atoms with van der Waals surface area (Å²) in [5.41, 5.74) is 3.72. The first-order valence-corrected chi connectivity index (χ1v) is 11.9. The number of rotatable bonds is 7. The molecule has 0 saturated carbocycles. The summed E-state index contributed by atoms with van der Waals surface area (Å²) < 4.78 is 11.9. The van der Waals surface area contributed by atoms with E-state index in [0.717, 1.165) is 34.6 Å². The number of carboxylic acids is 1. The number of benzene rings is 2. The van der Waals surface area contributed by atoms with E-state index < -0.39 is 12.0 Å². The number of carbonyl (C=O) groups is 1. The third-order valence-electron chi connectivity index (χ3n) is 6.24. The average Bonchev–Trinajstić information content (AvgIpc) is 3.14. The molecule has 0 fully saturated rings. The normalized spacial score (nSPS) is 18.5. The maximum Gasteiger partial charge on any atom is 0.325 e. The predicted octanol–water partition coefficient (Wildman–Crippen LogP) is 5.69. The number of aromatic nitrogens is 1. The minimum atomic E-state index is -0.819. The van der Waals surface area contributed by atoms with E-state index in [1.165, 1.54) is 0 Å². The van der Waals surface area contributed by atoms with Crippen LogP contribution in [0.2, 0.25) is 0 Å². The molecule has 1 N–H and O–H groups in total. The molecule has 180 valence electrons. The van der Waals surface area contributed by atoms with Gasteiger partial charge >= 0.3 is 5.97 Å². The number of ether oxygens (including phenoxy) is 1. The molecule has 2 atom stereocenters.